The van der Waals surface area contributed by atoms with Crippen LogP contribution >= 0.6 is 15.9 Å². The molecule has 1 fully saturated rings. The van der Waals surface area contributed by atoms with Crippen molar-refractivity contribution in [2.24, 2.45) is 0 Å². The van der Waals surface area contributed by atoms with Gasteiger partial charge in [-0.15, -0.1) is 0 Å². The maximum absolute atomic E-state index is 11.6. The first-order valence-electron chi connectivity index (χ1n) is 7.61. The van der Waals surface area contributed by atoms with Gasteiger partial charge in [-0.05, 0) is 31.0 Å². The van der Waals surface area contributed by atoms with Gasteiger partial charge in [0.1, 0.15) is 4.66 Å². The summed E-state index contributed by atoms with van der Waals surface area (Å²) in [5, 5.41) is 4.66. The molecule has 0 bridgehead atoms. The van der Waals surface area contributed by atoms with Crippen molar-refractivity contribution in [2.45, 2.75) is 38.3 Å². The Labute approximate surface area is 144 Å². The first-order chi connectivity index (χ1) is 11.1. The van der Waals surface area contributed by atoms with Crippen LogP contribution in [0.4, 0.5) is 0 Å². The van der Waals surface area contributed by atoms with E-state index in [2.05, 4.69) is 35.4 Å². The minimum absolute atomic E-state index is 0.111. The van der Waals surface area contributed by atoms with Crippen LogP contribution in [0.3, 0.4) is 0 Å². The average molecular weight is 399 g/mol. The van der Waals surface area contributed by atoms with Crippen molar-refractivity contribution in [3.8, 4) is 11.3 Å². The molecule has 23 heavy (non-hydrogen) atoms. The van der Waals surface area contributed by atoms with E-state index in [1.165, 1.54) is 12.8 Å². The Balaban J connectivity index is 1.90. The summed E-state index contributed by atoms with van der Waals surface area (Å²) < 4.78 is 27.7. The molecule has 0 aromatic carbocycles. The van der Waals surface area contributed by atoms with Crippen molar-refractivity contribution >= 4 is 26.0 Å². The SMILES string of the molecule is O=S(=O)(CBr)NCc1cc(-c2ccncc2)n(C2CCCC2)n1. The third kappa shape index (κ3) is 3.99. The molecular formula is C15H19BrN4O2S. The van der Waals surface area contributed by atoms with E-state index in [0.29, 0.717) is 6.04 Å². The molecule has 2 aromatic rings. The van der Waals surface area contributed by atoms with E-state index in [9.17, 15) is 8.42 Å². The van der Waals surface area contributed by atoms with Gasteiger partial charge in [0.2, 0.25) is 10.0 Å². The highest BCUT2D eigenvalue weighted by Gasteiger charge is 2.22. The standard InChI is InChI=1S/C15H19BrN4O2S/c16-11-23(21,22)18-10-13-9-15(12-5-7-17-8-6-12)20(19-13)14-3-1-2-4-14/h5-9,14,18H,1-4,10-11H2. The van der Waals surface area contributed by atoms with Gasteiger partial charge in [0, 0.05) is 18.0 Å². The number of hydrogen-bond acceptors (Lipinski definition) is 4. The summed E-state index contributed by atoms with van der Waals surface area (Å²) in [5.74, 6) is 0. The molecule has 0 radical (unpaired) electrons. The van der Waals surface area contributed by atoms with Crippen molar-refractivity contribution in [1.29, 1.82) is 0 Å². The molecule has 1 aliphatic carbocycles. The normalized spacial score (nSPS) is 16.0. The Morgan fingerprint density at radius 1 is 1.26 bits per heavy atom. The molecule has 1 N–H and O–H groups in total. The van der Waals surface area contributed by atoms with E-state index in [4.69, 9.17) is 0 Å². The summed E-state index contributed by atoms with van der Waals surface area (Å²) in [7, 11) is -3.30. The summed E-state index contributed by atoms with van der Waals surface area (Å²) in [6.07, 6.45) is 8.18. The van der Waals surface area contributed by atoms with Gasteiger partial charge in [0.25, 0.3) is 0 Å². The first kappa shape index (κ1) is 16.6. The lowest BCUT2D eigenvalue weighted by Crippen LogP contribution is -2.24. The number of halogens is 1. The van der Waals surface area contributed by atoms with Crippen LogP contribution in [0.1, 0.15) is 37.4 Å². The fourth-order valence-corrected chi connectivity index (χ4v) is 3.85. The second-order valence-corrected chi connectivity index (χ2v) is 8.79. The monoisotopic (exact) mass is 398 g/mol. The van der Waals surface area contributed by atoms with Gasteiger partial charge in [-0.25, -0.2) is 13.1 Å². The minimum Gasteiger partial charge on any atom is -0.265 e. The van der Waals surface area contributed by atoms with Gasteiger partial charge in [-0.1, -0.05) is 28.8 Å². The van der Waals surface area contributed by atoms with Gasteiger partial charge in [0.05, 0.1) is 24.0 Å². The highest BCUT2D eigenvalue weighted by Crippen LogP contribution is 2.33. The first-order valence-corrected chi connectivity index (χ1v) is 10.4. The zero-order valence-electron chi connectivity index (χ0n) is 12.7. The second-order valence-electron chi connectivity index (χ2n) is 5.68. The molecule has 0 amide bonds. The van der Waals surface area contributed by atoms with E-state index in [0.717, 1.165) is 29.8 Å². The van der Waals surface area contributed by atoms with Crippen molar-refractivity contribution in [2.75, 3.05) is 4.66 Å². The van der Waals surface area contributed by atoms with Gasteiger partial charge < -0.3 is 0 Å². The number of alkyl halides is 1. The van der Waals surface area contributed by atoms with Crippen LogP contribution in [0.25, 0.3) is 11.3 Å². The third-order valence-corrected chi connectivity index (χ3v) is 6.73. The van der Waals surface area contributed by atoms with Crippen molar-refractivity contribution in [3.63, 3.8) is 0 Å². The van der Waals surface area contributed by atoms with Crippen LogP contribution < -0.4 is 4.72 Å². The van der Waals surface area contributed by atoms with Gasteiger partial charge in [-0.3, -0.25) is 9.67 Å². The molecule has 1 saturated carbocycles. The van der Waals surface area contributed by atoms with Gasteiger partial charge >= 0.3 is 0 Å². The number of aromatic nitrogens is 3. The lowest BCUT2D eigenvalue weighted by molar-refractivity contribution is 0.467. The molecule has 2 aromatic heterocycles. The fraction of sp³-hybridized carbons (Fsp3) is 0.467. The molecule has 0 spiro atoms. The highest BCUT2D eigenvalue weighted by molar-refractivity contribution is 9.10. The molecule has 0 unspecified atom stereocenters. The highest BCUT2D eigenvalue weighted by atomic mass is 79.9. The Morgan fingerprint density at radius 3 is 2.61 bits per heavy atom. The fourth-order valence-electron chi connectivity index (χ4n) is 2.92. The van der Waals surface area contributed by atoms with Gasteiger partial charge in [0.15, 0.2) is 0 Å². The molecule has 6 nitrogen and oxygen atoms in total. The zero-order valence-corrected chi connectivity index (χ0v) is 15.1. The Kier molecular flexibility index (Phi) is 5.13. The predicted octanol–water partition coefficient (Wildman–Crippen LogP) is 2.83. The smallest absolute Gasteiger partial charge is 0.221 e. The molecule has 0 saturated heterocycles. The summed E-state index contributed by atoms with van der Waals surface area (Å²) in [4.78, 5) is 4.06. The number of nitrogens with one attached hydrogen (secondary N) is 1. The van der Waals surface area contributed by atoms with Crippen LogP contribution in [0.15, 0.2) is 30.6 Å². The van der Waals surface area contributed by atoms with Crippen molar-refractivity contribution < 1.29 is 8.42 Å². The van der Waals surface area contributed by atoms with Crippen LogP contribution in [-0.4, -0.2) is 27.8 Å². The van der Waals surface area contributed by atoms with E-state index >= 15 is 0 Å². The maximum Gasteiger partial charge on any atom is 0.221 e. The second kappa shape index (κ2) is 7.11. The average Bonchev–Trinajstić information content (AvgIpc) is 3.23. The van der Waals surface area contributed by atoms with Crippen LogP contribution in [-0.2, 0) is 16.6 Å². The van der Waals surface area contributed by atoms with Crippen LogP contribution in [0, 0.1) is 0 Å². The molecule has 1 aliphatic rings. The predicted molar refractivity (Wildman–Crippen MR) is 92.5 cm³/mol. The molecule has 0 atom stereocenters. The summed E-state index contributed by atoms with van der Waals surface area (Å²) in [6.45, 7) is 0.200. The topological polar surface area (TPSA) is 76.9 Å². The van der Waals surface area contributed by atoms with E-state index in [1.807, 2.05) is 18.2 Å². The number of sulfonamides is 1. The summed E-state index contributed by atoms with van der Waals surface area (Å²) in [5.41, 5.74) is 2.80. The largest absolute Gasteiger partial charge is 0.265 e. The number of pyridine rings is 1. The maximum atomic E-state index is 11.6. The summed E-state index contributed by atoms with van der Waals surface area (Å²) in [6, 6.07) is 6.26. The van der Waals surface area contributed by atoms with Crippen molar-refractivity contribution in [3.05, 3.63) is 36.3 Å². The molecule has 2 heterocycles. The lowest BCUT2D eigenvalue weighted by Gasteiger charge is -2.14. The third-order valence-electron chi connectivity index (χ3n) is 4.05. The van der Waals surface area contributed by atoms with E-state index in [-0.39, 0.29) is 11.2 Å². The molecule has 0 aliphatic heterocycles. The Bertz CT molecular complexity index is 755. The molecule has 3 rings (SSSR count). The molecule has 8 heteroatoms. The molecule has 124 valence electrons. The quantitative estimate of drug-likeness (QED) is 0.758. The Hall–Kier alpha value is -1.25. The van der Waals surface area contributed by atoms with Gasteiger partial charge in [-0.2, -0.15) is 5.10 Å². The number of rotatable bonds is 6. The summed E-state index contributed by atoms with van der Waals surface area (Å²) >= 11 is 2.97. The minimum atomic E-state index is -3.30. The van der Waals surface area contributed by atoms with Crippen molar-refractivity contribution in [1.82, 2.24) is 19.5 Å². The zero-order chi connectivity index (χ0) is 16.3. The van der Waals surface area contributed by atoms with Crippen LogP contribution in [0.2, 0.25) is 0 Å². The van der Waals surface area contributed by atoms with E-state index in [1.54, 1.807) is 12.4 Å². The number of hydrogen-bond donors (Lipinski definition) is 1. The molecular weight excluding hydrogens is 380 g/mol. The lowest BCUT2D eigenvalue weighted by atomic mass is 10.1. The Morgan fingerprint density at radius 2 is 1.96 bits per heavy atom. The number of nitrogens with zero attached hydrogens (tertiary/aromatic N) is 3. The van der Waals surface area contributed by atoms with Crippen LogP contribution in [0.5, 0.6) is 0 Å². The van der Waals surface area contributed by atoms with E-state index < -0.39 is 10.0 Å².